The number of hydrogen-bond acceptors (Lipinski definition) is 5. The van der Waals surface area contributed by atoms with Crippen LogP contribution in [0.25, 0.3) is 10.6 Å². The maximum atomic E-state index is 12.0. The molecule has 0 aliphatic carbocycles. The number of thiophene rings is 1. The lowest BCUT2D eigenvalue weighted by Gasteiger charge is -2.04. The van der Waals surface area contributed by atoms with Gasteiger partial charge < -0.3 is 9.26 Å². The fourth-order valence-corrected chi connectivity index (χ4v) is 2.61. The van der Waals surface area contributed by atoms with Crippen LogP contribution < -0.4 is 0 Å². The molecule has 3 aromatic rings. The molecular weight excluding hydrogens is 286 g/mol. The Morgan fingerprint density at radius 1 is 1.29 bits per heavy atom. The summed E-state index contributed by atoms with van der Waals surface area (Å²) in [5.41, 5.74) is 2.06. The molecule has 2 heterocycles. The quantitative estimate of drug-likeness (QED) is 0.681. The van der Waals surface area contributed by atoms with Gasteiger partial charge in [-0.05, 0) is 30.0 Å². The highest BCUT2D eigenvalue weighted by Crippen LogP contribution is 2.25. The van der Waals surface area contributed by atoms with Gasteiger partial charge in [-0.25, -0.2) is 4.79 Å². The average Bonchev–Trinajstić information content (AvgIpc) is 3.16. The van der Waals surface area contributed by atoms with Gasteiger partial charge in [0.25, 0.3) is 0 Å². The molecule has 0 radical (unpaired) electrons. The van der Waals surface area contributed by atoms with E-state index in [1.165, 1.54) is 0 Å². The second-order valence-corrected chi connectivity index (χ2v) is 5.50. The van der Waals surface area contributed by atoms with Gasteiger partial charge in [-0.3, -0.25) is 0 Å². The molecule has 0 spiro atoms. The summed E-state index contributed by atoms with van der Waals surface area (Å²) in [6.07, 6.45) is 0. The zero-order valence-electron chi connectivity index (χ0n) is 11.4. The van der Waals surface area contributed by atoms with Crippen LogP contribution in [0.4, 0.5) is 0 Å². The minimum Gasteiger partial charge on any atom is -0.455 e. The van der Waals surface area contributed by atoms with Crippen LogP contribution in [0, 0.1) is 6.92 Å². The number of rotatable bonds is 4. The van der Waals surface area contributed by atoms with Gasteiger partial charge in [0, 0.05) is 6.07 Å². The predicted octanol–water partition coefficient (Wildman–Crippen LogP) is 4.07. The van der Waals surface area contributed by atoms with Crippen molar-refractivity contribution in [3.63, 3.8) is 0 Å². The van der Waals surface area contributed by atoms with E-state index in [-0.39, 0.29) is 12.6 Å². The number of ether oxygens (including phenoxy) is 1. The number of carbonyl (C=O) groups excluding carboxylic acids is 1. The Bertz CT molecular complexity index is 746. The molecule has 1 aromatic carbocycles. The smallest absolute Gasteiger partial charge is 0.338 e. The molecule has 0 unspecified atom stereocenters. The minimum absolute atomic E-state index is 0.0992. The maximum Gasteiger partial charge on any atom is 0.338 e. The first kappa shape index (κ1) is 13.6. The molecule has 0 aliphatic rings. The van der Waals surface area contributed by atoms with Crippen molar-refractivity contribution in [2.45, 2.75) is 13.5 Å². The number of carbonyl (C=O) groups is 1. The molecule has 106 valence electrons. The highest BCUT2D eigenvalue weighted by atomic mass is 32.1. The lowest BCUT2D eigenvalue weighted by molar-refractivity contribution is 0.0463. The van der Waals surface area contributed by atoms with Crippen LogP contribution in [0.3, 0.4) is 0 Å². The molecule has 0 N–H and O–H groups in total. The van der Waals surface area contributed by atoms with Crippen LogP contribution in [0.1, 0.15) is 21.6 Å². The van der Waals surface area contributed by atoms with E-state index in [1.807, 2.05) is 42.6 Å². The van der Waals surface area contributed by atoms with Crippen molar-refractivity contribution in [2.75, 3.05) is 0 Å². The second kappa shape index (κ2) is 5.93. The van der Waals surface area contributed by atoms with E-state index in [0.29, 0.717) is 17.0 Å². The third kappa shape index (κ3) is 3.03. The number of hydrogen-bond donors (Lipinski definition) is 0. The van der Waals surface area contributed by atoms with Crippen molar-refractivity contribution < 1.29 is 14.1 Å². The van der Waals surface area contributed by atoms with Gasteiger partial charge in [0.1, 0.15) is 12.3 Å². The first-order valence-electron chi connectivity index (χ1n) is 6.46. The summed E-state index contributed by atoms with van der Waals surface area (Å²) in [4.78, 5) is 13.0. The molecule has 2 aromatic heterocycles. The molecule has 3 rings (SSSR count). The van der Waals surface area contributed by atoms with E-state index < -0.39 is 0 Å². The Hall–Kier alpha value is -2.40. The van der Waals surface area contributed by atoms with Gasteiger partial charge in [-0.1, -0.05) is 29.4 Å². The van der Waals surface area contributed by atoms with Gasteiger partial charge >= 0.3 is 5.97 Å². The fourth-order valence-electron chi connectivity index (χ4n) is 1.93. The zero-order valence-corrected chi connectivity index (χ0v) is 12.2. The average molecular weight is 299 g/mol. The van der Waals surface area contributed by atoms with Crippen molar-refractivity contribution in [1.82, 2.24) is 5.16 Å². The van der Waals surface area contributed by atoms with Crippen LogP contribution in [0.15, 0.2) is 52.4 Å². The van der Waals surface area contributed by atoms with E-state index in [0.717, 1.165) is 10.4 Å². The Labute approximate surface area is 126 Å². The maximum absolute atomic E-state index is 12.0. The lowest BCUT2D eigenvalue weighted by atomic mass is 10.1. The monoisotopic (exact) mass is 299 g/mol. The largest absolute Gasteiger partial charge is 0.455 e. The van der Waals surface area contributed by atoms with Crippen LogP contribution in [0.2, 0.25) is 0 Å². The summed E-state index contributed by atoms with van der Waals surface area (Å²) in [7, 11) is 0. The standard InChI is InChI=1S/C16H13NO3S/c1-11-5-2-3-6-13(11)16(18)19-10-12-9-14(20-17-12)15-7-4-8-21-15/h2-9H,10H2,1H3. The van der Waals surface area contributed by atoms with E-state index in [9.17, 15) is 4.79 Å². The highest BCUT2D eigenvalue weighted by Gasteiger charge is 2.12. The summed E-state index contributed by atoms with van der Waals surface area (Å²) >= 11 is 1.57. The topological polar surface area (TPSA) is 52.3 Å². The van der Waals surface area contributed by atoms with Crippen molar-refractivity contribution >= 4 is 17.3 Å². The van der Waals surface area contributed by atoms with E-state index in [1.54, 1.807) is 23.5 Å². The number of benzene rings is 1. The first-order chi connectivity index (χ1) is 10.2. The molecule has 0 bridgehead atoms. The molecule has 0 saturated carbocycles. The van der Waals surface area contributed by atoms with Crippen LogP contribution in [-0.4, -0.2) is 11.1 Å². The summed E-state index contributed by atoms with van der Waals surface area (Å²) in [5.74, 6) is 0.334. The zero-order chi connectivity index (χ0) is 14.7. The molecule has 0 fully saturated rings. The molecule has 21 heavy (non-hydrogen) atoms. The fraction of sp³-hybridized carbons (Fsp3) is 0.125. The molecule has 0 aliphatic heterocycles. The minimum atomic E-state index is -0.353. The van der Waals surface area contributed by atoms with E-state index >= 15 is 0 Å². The predicted molar refractivity (Wildman–Crippen MR) is 80.1 cm³/mol. The van der Waals surface area contributed by atoms with Crippen molar-refractivity contribution in [3.8, 4) is 10.6 Å². The Kier molecular flexibility index (Phi) is 3.83. The second-order valence-electron chi connectivity index (χ2n) is 4.55. The summed E-state index contributed by atoms with van der Waals surface area (Å²) in [5, 5.41) is 5.88. The van der Waals surface area contributed by atoms with E-state index in [4.69, 9.17) is 9.26 Å². The molecule has 4 nitrogen and oxygen atoms in total. The number of nitrogens with zero attached hydrogens (tertiary/aromatic N) is 1. The molecule has 5 heteroatoms. The normalized spacial score (nSPS) is 10.5. The van der Waals surface area contributed by atoms with Crippen LogP contribution in [0.5, 0.6) is 0 Å². The number of aromatic nitrogens is 1. The highest BCUT2D eigenvalue weighted by molar-refractivity contribution is 7.13. The Morgan fingerprint density at radius 3 is 2.90 bits per heavy atom. The SMILES string of the molecule is Cc1ccccc1C(=O)OCc1cc(-c2cccs2)on1. The number of esters is 1. The van der Waals surface area contributed by atoms with E-state index in [2.05, 4.69) is 5.16 Å². The summed E-state index contributed by atoms with van der Waals surface area (Å²) in [6.45, 7) is 1.98. The van der Waals surface area contributed by atoms with Crippen molar-refractivity contribution in [1.29, 1.82) is 0 Å². The molecule has 0 amide bonds. The molecular formula is C16H13NO3S. The molecule has 0 atom stereocenters. The van der Waals surface area contributed by atoms with Crippen LogP contribution >= 0.6 is 11.3 Å². The van der Waals surface area contributed by atoms with Crippen molar-refractivity contribution in [2.24, 2.45) is 0 Å². The van der Waals surface area contributed by atoms with Gasteiger partial charge in [-0.15, -0.1) is 11.3 Å². The third-order valence-corrected chi connectivity index (χ3v) is 3.92. The Balaban J connectivity index is 1.66. The molecule has 0 saturated heterocycles. The van der Waals surface area contributed by atoms with Gasteiger partial charge in [0.05, 0.1) is 10.4 Å². The summed E-state index contributed by atoms with van der Waals surface area (Å²) < 4.78 is 10.5. The third-order valence-electron chi connectivity index (χ3n) is 3.04. The van der Waals surface area contributed by atoms with Crippen LogP contribution in [-0.2, 0) is 11.3 Å². The summed E-state index contributed by atoms with van der Waals surface area (Å²) in [6, 6.07) is 13.0. The number of aryl methyl sites for hydroxylation is 1. The lowest BCUT2D eigenvalue weighted by Crippen LogP contribution is -2.07. The Morgan fingerprint density at radius 2 is 2.14 bits per heavy atom. The first-order valence-corrected chi connectivity index (χ1v) is 7.34. The van der Waals surface area contributed by atoms with Gasteiger partial charge in [-0.2, -0.15) is 0 Å². The van der Waals surface area contributed by atoms with Gasteiger partial charge in [0.15, 0.2) is 5.76 Å². The van der Waals surface area contributed by atoms with Gasteiger partial charge in [0.2, 0.25) is 0 Å². The van der Waals surface area contributed by atoms with Crippen molar-refractivity contribution in [3.05, 3.63) is 64.7 Å².